The summed E-state index contributed by atoms with van der Waals surface area (Å²) in [5, 5.41) is 0. The number of carbonyl (C=O) groups excluding carboxylic acids is 2. The first-order valence-corrected chi connectivity index (χ1v) is 9.18. The molecule has 2 aromatic rings. The summed E-state index contributed by atoms with van der Waals surface area (Å²) < 4.78 is 32.2. The SMILES string of the molecule is CN1C(=O)COc2ccc(C(=O)N3CCC(Cc4cc(F)cc(F)c4)C3)cc21. The van der Waals surface area contributed by atoms with Gasteiger partial charge in [0.1, 0.15) is 17.4 Å². The molecule has 28 heavy (non-hydrogen) atoms. The molecule has 1 fully saturated rings. The molecule has 7 heteroatoms. The summed E-state index contributed by atoms with van der Waals surface area (Å²) in [7, 11) is 1.65. The van der Waals surface area contributed by atoms with Gasteiger partial charge in [0.25, 0.3) is 11.8 Å². The van der Waals surface area contributed by atoms with Crippen LogP contribution < -0.4 is 9.64 Å². The molecule has 0 aromatic heterocycles. The van der Waals surface area contributed by atoms with Crippen molar-refractivity contribution in [2.24, 2.45) is 5.92 Å². The average molecular weight is 386 g/mol. The molecule has 1 atom stereocenters. The van der Waals surface area contributed by atoms with Gasteiger partial charge in [0, 0.05) is 31.8 Å². The Hall–Kier alpha value is -2.96. The molecule has 2 amide bonds. The van der Waals surface area contributed by atoms with Gasteiger partial charge in [0.15, 0.2) is 6.61 Å². The van der Waals surface area contributed by atoms with Crippen LogP contribution in [0.3, 0.4) is 0 Å². The highest BCUT2D eigenvalue weighted by atomic mass is 19.1. The molecule has 0 aliphatic carbocycles. The number of likely N-dealkylation sites (N-methyl/N-ethyl adjacent to an activating group) is 1. The minimum absolute atomic E-state index is 0.00866. The molecule has 0 saturated carbocycles. The third kappa shape index (κ3) is 3.56. The Kier molecular flexibility index (Phi) is 4.75. The highest BCUT2D eigenvalue weighted by Crippen LogP contribution is 2.33. The van der Waals surface area contributed by atoms with Gasteiger partial charge in [-0.1, -0.05) is 0 Å². The number of nitrogens with zero attached hydrogens (tertiary/aromatic N) is 2. The van der Waals surface area contributed by atoms with Crippen LogP contribution in [0.4, 0.5) is 14.5 Å². The molecule has 146 valence electrons. The molecule has 5 nitrogen and oxygen atoms in total. The first-order valence-electron chi connectivity index (χ1n) is 9.18. The smallest absolute Gasteiger partial charge is 0.264 e. The number of rotatable bonds is 3. The number of hydrogen-bond acceptors (Lipinski definition) is 3. The first-order chi connectivity index (χ1) is 13.4. The highest BCUT2D eigenvalue weighted by Gasteiger charge is 2.29. The maximum Gasteiger partial charge on any atom is 0.264 e. The van der Waals surface area contributed by atoms with Crippen molar-refractivity contribution in [3.63, 3.8) is 0 Å². The van der Waals surface area contributed by atoms with E-state index in [2.05, 4.69) is 0 Å². The van der Waals surface area contributed by atoms with Gasteiger partial charge in [0.05, 0.1) is 5.69 Å². The Labute approximate surface area is 161 Å². The number of halogens is 2. The van der Waals surface area contributed by atoms with E-state index in [1.165, 1.54) is 17.0 Å². The molecule has 2 aromatic carbocycles. The van der Waals surface area contributed by atoms with Gasteiger partial charge in [-0.05, 0) is 54.7 Å². The summed E-state index contributed by atoms with van der Waals surface area (Å²) in [5.74, 6) is -0.740. The molecule has 0 spiro atoms. The van der Waals surface area contributed by atoms with E-state index in [0.29, 0.717) is 42.1 Å². The van der Waals surface area contributed by atoms with Crippen LogP contribution >= 0.6 is 0 Å². The number of amides is 2. The van der Waals surface area contributed by atoms with E-state index >= 15 is 0 Å². The van der Waals surface area contributed by atoms with E-state index in [4.69, 9.17) is 4.74 Å². The monoisotopic (exact) mass is 386 g/mol. The number of anilines is 1. The van der Waals surface area contributed by atoms with Crippen LogP contribution in [0.1, 0.15) is 22.3 Å². The molecule has 0 N–H and O–H groups in total. The minimum atomic E-state index is -0.587. The van der Waals surface area contributed by atoms with Crippen molar-refractivity contribution in [2.45, 2.75) is 12.8 Å². The van der Waals surface area contributed by atoms with Gasteiger partial charge in [-0.2, -0.15) is 0 Å². The summed E-state index contributed by atoms with van der Waals surface area (Å²) in [6.45, 7) is 1.11. The summed E-state index contributed by atoms with van der Waals surface area (Å²) in [6.07, 6.45) is 1.30. The minimum Gasteiger partial charge on any atom is -0.482 e. The zero-order valence-electron chi connectivity index (χ0n) is 15.5. The van der Waals surface area contributed by atoms with Crippen molar-refractivity contribution in [1.82, 2.24) is 4.90 Å². The van der Waals surface area contributed by atoms with Gasteiger partial charge in [-0.15, -0.1) is 0 Å². The number of benzene rings is 2. The second-order valence-electron chi connectivity index (χ2n) is 7.31. The number of hydrogen-bond donors (Lipinski definition) is 0. The number of likely N-dealkylation sites (tertiary alicyclic amines) is 1. The van der Waals surface area contributed by atoms with Crippen molar-refractivity contribution in [2.75, 3.05) is 31.6 Å². The molecular formula is C21H20F2N2O3. The summed E-state index contributed by atoms with van der Waals surface area (Å²) in [5.41, 5.74) is 1.66. The molecule has 0 radical (unpaired) electrons. The summed E-state index contributed by atoms with van der Waals surface area (Å²) >= 11 is 0. The van der Waals surface area contributed by atoms with E-state index in [9.17, 15) is 18.4 Å². The summed E-state index contributed by atoms with van der Waals surface area (Å²) in [6, 6.07) is 8.60. The molecule has 2 aliphatic heterocycles. The average Bonchev–Trinajstić information content (AvgIpc) is 3.11. The van der Waals surface area contributed by atoms with Crippen LogP contribution in [-0.2, 0) is 11.2 Å². The van der Waals surface area contributed by atoms with Crippen molar-refractivity contribution >= 4 is 17.5 Å². The molecule has 2 aliphatic rings. The topological polar surface area (TPSA) is 49.9 Å². The van der Waals surface area contributed by atoms with Gasteiger partial charge in [-0.3, -0.25) is 9.59 Å². The molecule has 4 rings (SSSR count). The van der Waals surface area contributed by atoms with Gasteiger partial charge < -0.3 is 14.5 Å². The fourth-order valence-corrected chi connectivity index (χ4v) is 3.83. The Morgan fingerprint density at radius 2 is 1.93 bits per heavy atom. The largest absolute Gasteiger partial charge is 0.482 e. The number of fused-ring (bicyclic) bond motifs is 1. The van der Waals surface area contributed by atoms with Gasteiger partial charge in [-0.25, -0.2) is 8.78 Å². The van der Waals surface area contributed by atoms with Gasteiger partial charge in [0.2, 0.25) is 0 Å². The lowest BCUT2D eigenvalue weighted by Crippen LogP contribution is -2.36. The van der Waals surface area contributed by atoms with E-state index in [1.807, 2.05) is 0 Å². The molecule has 1 unspecified atom stereocenters. The van der Waals surface area contributed by atoms with Crippen LogP contribution in [0.15, 0.2) is 36.4 Å². The predicted molar refractivity (Wildman–Crippen MR) is 99.4 cm³/mol. The Morgan fingerprint density at radius 1 is 1.18 bits per heavy atom. The van der Waals surface area contributed by atoms with E-state index < -0.39 is 11.6 Å². The van der Waals surface area contributed by atoms with Crippen LogP contribution in [0.2, 0.25) is 0 Å². The van der Waals surface area contributed by atoms with Crippen molar-refractivity contribution in [1.29, 1.82) is 0 Å². The quantitative estimate of drug-likeness (QED) is 0.815. The molecular weight excluding hydrogens is 366 g/mol. The second kappa shape index (κ2) is 7.22. The lowest BCUT2D eigenvalue weighted by Gasteiger charge is -2.26. The zero-order chi connectivity index (χ0) is 19.8. The maximum absolute atomic E-state index is 13.4. The third-order valence-electron chi connectivity index (χ3n) is 5.31. The van der Waals surface area contributed by atoms with E-state index in [0.717, 1.165) is 12.5 Å². The van der Waals surface area contributed by atoms with Crippen LogP contribution in [0.5, 0.6) is 5.75 Å². The number of ether oxygens (including phenoxy) is 1. The normalized spacial score (nSPS) is 18.8. The van der Waals surface area contributed by atoms with E-state index in [-0.39, 0.29) is 24.3 Å². The fraction of sp³-hybridized carbons (Fsp3) is 0.333. The van der Waals surface area contributed by atoms with Crippen molar-refractivity contribution < 1.29 is 23.1 Å². The lowest BCUT2D eigenvalue weighted by atomic mass is 9.98. The zero-order valence-corrected chi connectivity index (χ0v) is 15.5. The highest BCUT2D eigenvalue weighted by molar-refractivity contribution is 6.01. The fourth-order valence-electron chi connectivity index (χ4n) is 3.83. The first kappa shape index (κ1) is 18.4. The van der Waals surface area contributed by atoms with Gasteiger partial charge >= 0.3 is 0 Å². The van der Waals surface area contributed by atoms with Crippen LogP contribution in [0.25, 0.3) is 0 Å². The van der Waals surface area contributed by atoms with Crippen LogP contribution in [0, 0.1) is 17.6 Å². The standard InChI is InChI=1S/C21H20F2N2O3/c1-24-18-9-15(2-3-19(18)28-12-20(24)26)21(27)25-5-4-13(11-25)6-14-7-16(22)10-17(23)8-14/h2-3,7-10,13H,4-6,11-12H2,1H3. The Balaban J connectivity index is 1.46. The third-order valence-corrected chi connectivity index (χ3v) is 5.31. The van der Waals surface area contributed by atoms with Crippen molar-refractivity contribution in [3.8, 4) is 5.75 Å². The van der Waals surface area contributed by atoms with E-state index in [1.54, 1.807) is 30.1 Å². The van der Waals surface area contributed by atoms with Crippen molar-refractivity contribution in [3.05, 3.63) is 59.2 Å². The predicted octanol–water partition coefficient (Wildman–Crippen LogP) is 3.02. The second-order valence-corrected chi connectivity index (χ2v) is 7.31. The maximum atomic E-state index is 13.4. The molecule has 1 saturated heterocycles. The lowest BCUT2D eigenvalue weighted by molar-refractivity contribution is -0.120. The Bertz CT molecular complexity index is 927. The molecule has 2 heterocycles. The van der Waals surface area contributed by atoms with Crippen LogP contribution in [-0.4, -0.2) is 43.5 Å². The molecule has 0 bridgehead atoms. The summed E-state index contributed by atoms with van der Waals surface area (Å²) in [4.78, 5) is 27.9. The Morgan fingerprint density at radius 3 is 2.68 bits per heavy atom. The number of carbonyl (C=O) groups is 2.